The zero-order valence-electron chi connectivity index (χ0n) is 17.1. The van der Waals surface area contributed by atoms with Crippen LogP contribution in [0.2, 0.25) is 0 Å². The summed E-state index contributed by atoms with van der Waals surface area (Å²) in [5.74, 6) is 1.46. The van der Waals surface area contributed by atoms with Gasteiger partial charge in [0.1, 0.15) is 18.0 Å². The number of ether oxygens (including phenoxy) is 1. The maximum Gasteiger partial charge on any atom is 0.140 e. The van der Waals surface area contributed by atoms with Gasteiger partial charge in [0, 0.05) is 13.0 Å². The highest BCUT2D eigenvalue weighted by molar-refractivity contribution is 5.58. The number of hydrogen-bond donors (Lipinski definition) is 0. The fraction of sp³-hybridized carbons (Fsp3) is 0.571. The number of nitrogens with zero attached hydrogens (tertiary/aromatic N) is 7. The van der Waals surface area contributed by atoms with E-state index in [1.54, 1.807) is 9.48 Å². The van der Waals surface area contributed by atoms with Gasteiger partial charge in [-0.25, -0.2) is 9.67 Å². The SMILES string of the molecule is Cc1nc(-c2nnn(C)c2Cn2ncc(C3CC3)n2)ccc1OC1CCCCC1. The highest BCUT2D eigenvalue weighted by Gasteiger charge is 2.27. The first-order valence-corrected chi connectivity index (χ1v) is 10.6. The van der Waals surface area contributed by atoms with Crippen LogP contribution in [-0.4, -0.2) is 41.1 Å². The Labute approximate surface area is 170 Å². The van der Waals surface area contributed by atoms with Gasteiger partial charge in [0.15, 0.2) is 0 Å². The first-order valence-electron chi connectivity index (χ1n) is 10.6. The highest BCUT2D eigenvalue weighted by atomic mass is 16.5. The Morgan fingerprint density at radius 2 is 1.93 bits per heavy atom. The van der Waals surface area contributed by atoms with Gasteiger partial charge in [0.25, 0.3) is 0 Å². The number of rotatable bonds is 6. The van der Waals surface area contributed by atoms with Gasteiger partial charge >= 0.3 is 0 Å². The second kappa shape index (κ2) is 7.57. The van der Waals surface area contributed by atoms with Gasteiger partial charge in [-0.2, -0.15) is 15.0 Å². The molecule has 0 bridgehead atoms. The monoisotopic (exact) mass is 393 g/mol. The molecule has 0 radical (unpaired) electrons. The van der Waals surface area contributed by atoms with Gasteiger partial charge in [0.05, 0.1) is 35.1 Å². The molecule has 29 heavy (non-hydrogen) atoms. The number of pyridine rings is 1. The van der Waals surface area contributed by atoms with Crippen LogP contribution in [0, 0.1) is 6.92 Å². The summed E-state index contributed by atoms with van der Waals surface area (Å²) >= 11 is 0. The Hall–Kier alpha value is -2.77. The maximum atomic E-state index is 6.21. The molecule has 0 atom stereocenters. The third kappa shape index (κ3) is 3.88. The standard InChI is InChI=1S/C21H27N7O/c1-14-20(29-16-6-4-3-5-7-16)11-10-17(23-14)21-19(27(2)26-24-21)13-28-22-12-18(25-28)15-8-9-15/h10-12,15-16H,3-9,13H2,1-2H3. The first kappa shape index (κ1) is 18.3. The minimum atomic E-state index is 0.314. The molecule has 0 aromatic carbocycles. The molecule has 2 aliphatic carbocycles. The van der Waals surface area contributed by atoms with Crippen LogP contribution < -0.4 is 4.74 Å². The van der Waals surface area contributed by atoms with Gasteiger partial charge < -0.3 is 4.74 Å². The minimum absolute atomic E-state index is 0.314. The molecule has 3 aromatic heterocycles. The van der Waals surface area contributed by atoms with Crippen molar-refractivity contribution in [1.29, 1.82) is 0 Å². The smallest absolute Gasteiger partial charge is 0.140 e. The van der Waals surface area contributed by atoms with Crippen molar-refractivity contribution in [3.05, 3.63) is 35.4 Å². The highest BCUT2D eigenvalue weighted by Crippen LogP contribution is 2.38. The van der Waals surface area contributed by atoms with Crippen molar-refractivity contribution in [2.24, 2.45) is 7.05 Å². The molecular weight excluding hydrogens is 366 g/mol. The maximum absolute atomic E-state index is 6.21. The molecule has 2 aliphatic rings. The van der Waals surface area contributed by atoms with Crippen molar-refractivity contribution in [3.8, 4) is 17.1 Å². The third-order valence-electron chi connectivity index (χ3n) is 5.91. The Morgan fingerprint density at radius 3 is 2.69 bits per heavy atom. The van der Waals surface area contributed by atoms with Crippen molar-refractivity contribution >= 4 is 0 Å². The van der Waals surface area contributed by atoms with Gasteiger partial charge in [-0.05, 0) is 57.6 Å². The van der Waals surface area contributed by atoms with Crippen molar-refractivity contribution in [2.45, 2.75) is 70.4 Å². The van der Waals surface area contributed by atoms with E-state index < -0.39 is 0 Å². The summed E-state index contributed by atoms with van der Waals surface area (Å²) in [6.07, 6.45) is 10.7. The van der Waals surface area contributed by atoms with E-state index >= 15 is 0 Å². The zero-order valence-corrected chi connectivity index (χ0v) is 17.1. The van der Waals surface area contributed by atoms with E-state index in [1.807, 2.05) is 32.3 Å². The zero-order chi connectivity index (χ0) is 19.8. The van der Waals surface area contributed by atoms with E-state index in [0.717, 1.165) is 47.1 Å². The molecule has 0 N–H and O–H groups in total. The Kier molecular flexibility index (Phi) is 4.77. The number of aryl methyl sites for hydroxylation is 2. The van der Waals surface area contributed by atoms with Crippen LogP contribution in [0.15, 0.2) is 18.3 Å². The fourth-order valence-corrected chi connectivity index (χ4v) is 4.01. The average molecular weight is 393 g/mol. The number of hydrogen-bond acceptors (Lipinski definition) is 6. The molecule has 2 fully saturated rings. The molecule has 0 saturated heterocycles. The third-order valence-corrected chi connectivity index (χ3v) is 5.91. The first-order chi connectivity index (χ1) is 14.2. The summed E-state index contributed by atoms with van der Waals surface area (Å²) in [4.78, 5) is 6.50. The van der Waals surface area contributed by atoms with Gasteiger partial charge in [0.2, 0.25) is 0 Å². The van der Waals surface area contributed by atoms with Crippen LogP contribution in [0.4, 0.5) is 0 Å². The summed E-state index contributed by atoms with van der Waals surface area (Å²) in [5, 5.41) is 17.6. The molecule has 8 nitrogen and oxygen atoms in total. The van der Waals surface area contributed by atoms with Crippen molar-refractivity contribution in [2.75, 3.05) is 0 Å². The van der Waals surface area contributed by atoms with Crippen LogP contribution in [-0.2, 0) is 13.6 Å². The van der Waals surface area contributed by atoms with E-state index in [2.05, 4.69) is 20.5 Å². The predicted octanol–water partition coefficient (Wildman–Crippen LogP) is 3.41. The van der Waals surface area contributed by atoms with E-state index in [0.29, 0.717) is 18.6 Å². The van der Waals surface area contributed by atoms with Crippen LogP contribution in [0.5, 0.6) is 5.75 Å². The van der Waals surface area contributed by atoms with E-state index in [1.165, 1.54) is 32.1 Å². The lowest BCUT2D eigenvalue weighted by molar-refractivity contribution is 0.153. The Morgan fingerprint density at radius 1 is 1.10 bits per heavy atom. The number of aromatic nitrogens is 7. The summed E-state index contributed by atoms with van der Waals surface area (Å²) in [6, 6.07) is 3.99. The minimum Gasteiger partial charge on any atom is -0.489 e. The predicted molar refractivity (Wildman–Crippen MR) is 108 cm³/mol. The lowest BCUT2D eigenvalue weighted by Gasteiger charge is -2.23. The van der Waals surface area contributed by atoms with Crippen LogP contribution in [0.1, 0.15) is 67.9 Å². The molecule has 152 valence electrons. The molecule has 5 rings (SSSR count). The van der Waals surface area contributed by atoms with E-state index in [4.69, 9.17) is 9.72 Å². The van der Waals surface area contributed by atoms with Gasteiger partial charge in [-0.1, -0.05) is 11.6 Å². The summed E-state index contributed by atoms with van der Waals surface area (Å²) in [7, 11) is 1.89. The van der Waals surface area contributed by atoms with Crippen molar-refractivity contribution in [1.82, 2.24) is 35.0 Å². The molecule has 3 aromatic rings. The summed E-state index contributed by atoms with van der Waals surface area (Å²) in [6.45, 7) is 2.52. The molecule has 3 heterocycles. The van der Waals surface area contributed by atoms with Crippen LogP contribution >= 0.6 is 0 Å². The Bertz CT molecular complexity index is 998. The normalized spacial score (nSPS) is 17.6. The van der Waals surface area contributed by atoms with Crippen molar-refractivity contribution in [3.63, 3.8) is 0 Å². The molecular formula is C21H27N7O. The van der Waals surface area contributed by atoms with Gasteiger partial charge in [-0.15, -0.1) is 5.10 Å². The molecule has 2 saturated carbocycles. The topological polar surface area (TPSA) is 83.5 Å². The van der Waals surface area contributed by atoms with E-state index in [9.17, 15) is 0 Å². The molecule has 0 spiro atoms. The summed E-state index contributed by atoms with van der Waals surface area (Å²) in [5.41, 5.74) is 4.48. The molecule has 0 amide bonds. The quantitative estimate of drug-likeness (QED) is 0.638. The van der Waals surface area contributed by atoms with Crippen LogP contribution in [0.3, 0.4) is 0 Å². The van der Waals surface area contributed by atoms with E-state index in [-0.39, 0.29) is 0 Å². The van der Waals surface area contributed by atoms with Crippen LogP contribution in [0.25, 0.3) is 11.4 Å². The average Bonchev–Trinajstić information content (AvgIpc) is 3.38. The molecule has 8 heteroatoms. The lowest BCUT2D eigenvalue weighted by atomic mass is 9.98. The lowest BCUT2D eigenvalue weighted by Crippen LogP contribution is -2.20. The summed E-state index contributed by atoms with van der Waals surface area (Å²) < 4.78 is 7.99. The second-order valence-corrected chi connectivity index (χ2v) is 8.24. The second-order valence-electron chi connectivity index (χ2n) is 8.24. The largest absolute Gasteiger partial charge is 0.489 e. The van der Waals surface area contributed by atoms with Crippen molar-refractivity contribution < 1.29 is 4.74 Å². The fourth-order valence-electron chi connectivity index (χ4n) is 4.01. The Balaban J connectivity index is 1.36. The van der Waals surface area contributed by atoms with Gasteiger partial charge in [-0.3, -0.25) is 0 Å². The molecule has 0 aliphatic heterocycles. The molecule has 0 unspecified atom stereocenters.